The van der Waals surface area contributed by atoms with Gasteiger partial charge < -0.3 is 9.13 Å². The van der Waals surface area contributed by atoms with Crippen molar-refractivity contribution < 1.29 is 0 Å². The SMILES string of the molecule is c1ccc(-c2ccc(-c3nc(-n4c5ccccc5c5cc(-c6ccc7c(c6)c6c8ccccc8ncc6n7-c6ccccc6)ccc54)nc4ccccc34)cc2)cc1.c1ccc(-c2ccc(-c3nc(-n4c5ccccc5c5cc(-c6ccc7c(c6)c6ccncc6n7-c6ccccc6)ccc54)nc4ccccc34)cc2)cc1. The number of rotatable bonds is 10. The molecule has 0 spiro atoms. The molecule has 8 heterocycles. The van der Waals surface area contributed by atoms with Crippen LogP contribution in [0.3, 0.4) is 0 Å². The number of benzene rings is 15. The molecule has 10 heteroatoms. The van der Waals surface area contributed by atoms with Crippen LogP contribution in [0.15, 0.2) is 389 Å². The fourth-order valence-electron chi connectivity index (χ4n) is 17.0. The molecule has 0 saturated heterocycles. The quantitative estimate of drug-likeness (QED) is 0.135. The van der Waals surface area contributed by atoms with Gasteiger partial charge in [0.15, 0.2) is 0 Å². The lowest BCUT2D eigenvalue weighted by atomic mass is 10.00. The fourth-order valence-corrected chi connectivity index (χ4v) is 17.0. The highest BCUT2D eigenvalue weighted by atomic mass is 15.2. The number of nitrogens with zero attached hydrogens (tertiary/aromatic N) is 10. The van der Waals surface area contributed by atoms with Crippen LogP contribution in [0.2, 0.25) is 0 Å². The Morgan fingerprint density at radius 1 is 0.188 bits per heavy atom. The van der Waals surface area contributed by atoms with E-state index in [9.17, 15) is 0 Å². The zero-order valence-corrected chi connectivity index (χ0v) is 60.4. The van der Waals surface area contributed by atoms with Crippen molar-refractivity contribution in [2.75, 3.05) is 0 Å². The molecule has 23 aromatic rings. The Morgan fingerprint density at radius 3 is 0.991 bits per heavy atom. The van der Waals surface area contributed by atoms with Crippen molar-refractivity contribution in [3.63, 3.8) is 0 Å². The van der Waals surface area contributed by atoms with E-state index in [0.717, 1.165) is 155 Å². The van der Waals surface area contributed by atoms with Gasteiger partial charge in [0.05, 0.1) is 84.5 Å². The Kier molecular flexibility index (Phi) is 15.0. The molecule has 23 rings (SSSR count). The number of pyridine rings is 2. The van der Waals surface area contributed by atoms with Gasteiger partial charge in [-0.15, -0.1) is 0 Å². The molecule has 0 saturated carbocycles. The zero-order chi connectivity index (χ0) is 73.7. The van der Waals surface area contributed by atoms with Gasteiger partial charge in [0.2, 0.25) is 11.9 Å². The van der Waals surface area contributed by atoms with Gasteiger partial charge in [-0.25, -0.2) is 19.9 Å². The highest BCUT2D eigenvalue weighted by molar-refractivity contribution is 6.21. The van der Waals surface area contributed by atoms with Crippen LogP contribution < -0.4 is 0 Å². The second-order valence-corrected chi connectivity index (χ2v) is 28.6. The van der Waals surface area contributed by atoms with Crippen molar-refractivity contribution in [3.05, 3.63) is 389 Å². The molecule has 0 N–H and O–H groups in total. The third-order valence-corrected chi connectivity index (χ3v) is 22.2. The maximum absolute atomic E-state index is 5.36. The Morgan fingerprint density at radius 2 is 0.518 bits per heavy atom. The Bertz CT molecular complexity index is 7660. The predicted octanol–water partition coefficient (Wildman–Crippen LogP) is 25.6. The smallest absolute Gasteiger partial charge is 0.235 e. The number of hydrogen-bond donors (Lipinski definition) is 0. The second kappa shape index (κ2) is 26.3. The number of fused-ring (bicyclic) bond motifs is 16. The standard InChI is InChI=1S/C53H33N5.C49H31N5/c1-3-13-34(14-4-1)35-23-25-36(26-24-35)52-42-19-8-11-21-46(42)55-53(56-52)58-47-22-12-9-17-40(47)43-31-37(27-29-48(43)58)38-28-30-49-44(32-38)51-41-18-7-10-20-45(41)54-33-50(51)57(49)39-15-5-2-6-16-39;1-3-11-32(12-4-1)33-19-21-34(22-20-33)48-40-16-7-9-17-43(40)51-49(52-48)54-44-18-10-8-15-38(44)41-29-36(24-26-46(41)54)35-23-25-45-42(30-35)39-27-28-50-31-47(39)53(45)37-13-5-2-6-14-37/h1-33H;1-31H. The molecule has 0 bridgehead atoms. The van der Waals surface area contributed by atoms with E-state index in [1.165, 1.54) is 43.8 Å². The summed E-state index contributed by atoms with van der Waals surface area (Å²) in [5.74, 6) is 1.30. The Balaban J connectivity index is 0.000000138. The highest BCUT2D eigenvalue weighted by Crippen LogP contribution is 2.44. The first kappa shape index (κ1) is 64.0. The predicted molar refractivity (Wildman–Crippen MR) is 462 cm³/mol. The van der Waals surface area contributed by atoms with Gasteiger partial charge in [0.25, 0.3) is 0 Å². The Hall–Kier alpha value is -15.3. The molecule has 10 nitrogen and oxygen atoms in total. The summed E-state index contributed by atoms with van der Waals surface area (Å²) < 4.78 is 9.07. The molecule has 0 radical (unpaired) electrons. The van der Waals surface area contributed by atoms with Crippen LogP contribution in [-0.4, -0.2) is 48.2 Å². The van der Waals surface area contributed by atoms with Crippen molar-refractivity contribution >= 4 is 120 Å². The molecule has 0 aliphatic rings. The third-order valence-electron chi connectivity index (χ3n) is 22.2. The van der Waals surface area contributed by atoms with Crippen LogP contribution in [0.25, 0.3) is 210 Å². The maximum Gasteiger partial charge on any atom is 0.235 e. The van der Waals surface area contributed by atoms with E-state index in [4.69, 9.17) is 24.9 Å². The summed E-state index contributed by atoms with van der Waals surface area (Å²) in [5.41, 5.74) is 27.1. The van der Waals surface area contributed by atoms with Crippen LogP contribution in [0, 0.1) is 0 Å². The third kappa shape index (κ3) is 10.6. The molecule has 0 fully saturated rings. The topological polar surface area (TPSA) is 97.1 Å². The minimum atomic E-state index is 0.649. The van der Waals surface area contributed by atoms with E-state index in [1.54, 1.807) is 0 Å². The largest absolute Gasteiger partial charge is 0.308 e. The lowest BCUT2D eigenvalue weighted by Crippen LogP contribution is -2.03. The minimum Gasteiger partial charge on any atom is -0.308 e. The van der Waals surface area contributed by atoms with Gasteiger partial charge in [-0.1, -0.05) is 261 Å². The zero-order valence-electron chi connectivity index (χ0n) is 60.4. The summed E-state index contributed by atoms with van der Waals surface area (Å²) in [4.78, 5) is 30.5. The van der Waals surface area contributed by atoms with E-state index in [1.807, 2.05) is 42.9 Å². The van der Waals surface area contributed by atoms with Crippen LogP contribution in [0.5, 0.6) is 0 Å². The summed E-state index contributed by atoms with van der Waals surface area (Å²) in [5, 5.41) is 12.6. The van der Waals surface area contributed by atoms with Crippen molar-refractivity contribution in [3.8, 4) is 90.3 Å². The molecule has 0 aliphatic carbocycles. The van der Waals surface area contributed by atoms with Gasteiger partial charge in [-0.2, -0.15) is 0 Å². The first-order valence-electron chi connectivity index (χ1n) is 37.8. The monoisotopic (exact) mass is 1430 g/mol. The van der Waals surface area contributed by atoms with Crippen molar-refractivity contribution in [2.24, 2.45) is 0 Å². The van der Waals surface area contributed by atoms with Gasteiger partial charge >= 0.3 is 0 Å². The first-order chi connectivity index (χ1) is 55.5. The van der Waals surface area contributed by atoms with Crippen molar-refractivity contribution in [2.45, 2.75) is 0 Å². The molecule has 0 amide bonds. The van der Waals surface area contributed by atoms with E-state index in [0.29, 0.717) is 11.9 Å². The van der Waals surface area contributed by atoms with Crippen LogP contribution in [0.1, 0.15) is 0 Å². The highest BCUT2D eigenvalue weighted by Gasteiger charge is 2.24. The number of aromatic nitrogens is 10. The molecule has 112 heavy (non-hydrogen) atoms. The lowest BCUT2D eigenvalue weighted by molar-refractivity contribution is 1.01. The average molecular weight is 1430 g/mol. The number of hydrogen-bond acceptors (Lipinski definition) is 6. The first-order valence-corrected chi connectivity index (χ1v) is 37.8. The Labute approximate surface area is 643 Å². The van der Waals surface area contributed by atoms with Gasteiger partial charge in [0.1, 0.15) is 0 Å². The molecule has 0 unspecified atom stereocenters. The van der Waals surface area contributed by atoms with Gasteiger partial charge in [0, 0.05) is 87.9 Å². The molecular weight excluding hydrogens is 1370 g/mol. The molecule has 0 aliphatic heterocycles. The van der Waals surface area contributed by atoms with E-state index >= 15 is 0 Å². The molecule has 15 aromatic carbocycles. The molecule has 8 aromatic heterocycles. The van der Waals surface area contributed by atoms with Crippen molar-refractivity contribution in [1.29, 1.82) is 0 Å². The van der Waals surface area contributed by atoms with Crippen LogP contribution >= 0.6 is 0 Å². The van der Waals surface area contributed by atoms with E-state index in [-0.39, 0.29) is 0 Å². The lowest BCUT2D eigenvalue weighted by Gasteiger charge is -2.12. The fraction of sp³-hybridized carbons (Fsp3) is 0. The summed E-state index contributed by atoms with van der Waals surface area (Å²) >= 11 is 0. The second-order valence-electron chi connectivity index (χ2n) is 28.6. The molecule has 0 atom stereocenters. The number of para-hydroxylation sites is 7. The average Bonchev–Trinajstić information content (AvgIpc) is 1.66. The van der Waals surface area contributed by atoms with Crippen molar-refractivity contribution in [1.82, 2.24) is 48.2 Å². The van der Waals surface area contributed by atoms with Crippen LogP contribution in [0.4, 0.5) is 0 Å². The summed E-state index contributed by atoms with van der Waals surface area (Å²) in [7, 11) is 0. The van der Waals surface area contributed by atoms with Gasteiger partial charge in [-0.3, -0.25) is 19.1 Å². The maximum atomic E-state index is 5.36. The van der Waals surface area contributed by atoms with Crippen LogP contribution in [-0.2, 0) is 0 Å². The van der Waals surface area contributed by atoms with Gasteiger partial charge in [-0.05, 0) is 154 Å². The summed E-state index contributed by atoms with van der Waals surface area (Å²) in [6.07, 6.45) is 5.86. The molecular formula is C102H64N10. The molecule has 522 valence electrons. The summed E-state index contributed by atoms with van der Waals surface area (Å²) in [6.45, 7) is 0. The minimum absolute atomic E-state index is 0.649. The van der Waals surface area contributed by atoms with E-state index in [2.05, 4.69) is 369 Å². The summed E-state index contributed by atoms with van der Waals surface area (Å²) in [6, 6.07) is 131. The normalized spacial score (nSPS) is 11.8. The van der Waals surface area contributed by atoms with E-state index < -0.39 is 0 Å².